The van der Waals surface area contributed by atoms with Crippen molar-refractivity contribution in [2.75, 3.05) is 16.8 Å². The number of anilines is 3. The van der Waals surface area contributed by atoms with E-state index in [2.05, 4.69) is 20.6 Å². The van der Waals surface area contributed by atoms with Crippen molar-refractivity contribution in [2.24, 2.45) is 4.99 Å². The van der Waals surface area contributed by atoms with Crippen LogP contribution < -0.4 is 26.8 Å². The molecule has 152 valence electrons. The number of hydrogen-bond donors (Lipinski definition) is 4. The Labute approximate surface area is 178 Å². The lowest BCUT2D eigenvalue weighted by Crippen LogP contribution is -2.32. The molecule has 6 N–H and O–H groups in total. The number of aromatic nitrogens is 1. The molecule has 1 aliphatic rings. The van der Waals surface area contributed by atoms with Crippen LogP contribution in [0.3, 0.4) is 0 Å². The minimum atomic E-state index is -0.588. The number of pyridine rings is 1. The molecule has 9 heteroatoms. The molecule has 3 aromatic rings. The predicted octanol–water partition coefficient (Wildman–Crippen LogP) is 2.64. The third-order valence-electron chi connectivity index (χ3n) is 4.80. The Kier molecular flexibility index (Phi) is 5.24. The van der Waals surface area contributed by atoms with Gasteiger partial charge in [-0.25, -0.2) is 9.98 Å². The van der Waals surface area contributed by atoms with Crippen molar-refractivity contribution in [3.63, 3.8) is 0 Å². The van der Waals surface area contributed by atoms with Crippen molar-refractivity contribution < 1.29 is 4.74 Å². The first-order chi connectivity index (χ1) is 15.1. The fourth-order valence-electron chi connectivity index (χ4n) is 3.31. The number of fused-ring (bicyclic) bond motifs is 1. The van der Waals surface area contributed by atoms with Crippen LogP contribution in [0.5, 0.6) is 5.75 Å². The summed E-state index contributed by atoms with van der Waals surface area (Å²) in [6.45, 7) is 0.451. The highest BCUT2D eigenvalue weighted by atomic mass is 16.5. The zero-order chi connectivity index (χ0) is 21.8. The number of nitrogens with two attached hydrogens (primary N) is 2. The van der Waals surface area contributed by atoms with Gasteiger partial charge in [0.25, 0.3) is 0 Å². The van der Waals surface area contributed by atoms with Crippen molar-refractivity contribution in [1.29, 1.82) is 10.5 Å². The highest BCUT2D eigenvalue weighted by Gasteiger charge is 2.29. The summed E-state index contributed by atoms with van der Waals surface area (Å²) in [5.74, 6) is 1.26. The lowest BCUT2D eigenvalue weighted by molar-refractivity contribution is 0.306. The molecule has 0 bridgehead atoms. The summed E-state index contributed by atoms with van der Waals surface area (Å²) < 4.78 is 5.84. The molecule has 2 heterocycles. The van der Waals surface area contributed by atoms with Crippen molar-refractivity contribution >= 4 is 23.3 Å². The zero-order valence-corrected chi connectivity index (χ0v) is 16.3. The summed E-state index contributed by atoms with van der Waals surface area (Å²) in [7, 11) is 0. The van der Waals surface area contributed by atoms with Crippen LogP contribution in [0.4, 0.5) is 17.3 Å². The third kappa shape index (κ3) is 3.88. The summed E-state index contributed by atoms with van der Waals surface area (Å²) in [6.07, 6.45) is 1.83. The van der Waals surface area contributed by atoms with Gasteiger partial charge in [0.2, 0.25) is 5.96 Å². The maximum absolute atomic E-state index is 9.41. The van der Waals surface area contributed by atoms with Crippen molar-refractivity contribution in [3.05, 3.63) is 76.9 Å². The van der Waals surface area contributed by atoms with E-state index in [-0.39, 0.29) is 23.0 Å². The first-order valence-electron chi connectivity index (χ1n) is 9.36. The fraction of sp³-hybridized carbons (Fsp3) is 0.0909. The van der Waals surface area contributed by atoms with E-state index in [1.54, 1.807) is 0 Å². The second kappa shape index (κ2) is 8.31. The lowest BCUT2D eigenvalue weighted by atomic mass is 9.95. The van der Waals surface area contributed by atoms with Gasteiger partial charge in [0.05, 0.1) is 5.69 Å². The van der Waals surface area contributed by atoms with Gasteiger partial charge in [0, 0.05) is 5.56 Å². The number of ether oxygens (including phenoxy) is 1. The summed E-state index contributed by atoms with van der Waals surface area (Å²) in [5.41, 5.74) is 14.8. The maximum Gasteiger partial charge on any atom is 0.211 e. The zero-order valence-electron chi connectivity index (χ0n) is 16.3. The van der Waals surface area contributed by atoms with E-state index in [0.717, 1.165) is 11.1 Å². The number of hydrogen-bond acceptors (Lipinski definition) is 9. The predicted molar refractivity (Wildman–Crippen MR) is 117 cm³/mol. The van der Waals surface area contributed by atoms with Gasteiger partial charge in [0.15, 0.2) is 6.19 Å². The smallest absolute Gasteiger partial charge is 0.211 e. The van der Waals surface area contributed by atoms with E-state index >= 15 is 0 Å². The topological polar surface area (TPSA) is 158 Å². The van der Waals surface area contributed by atoms with Crippen LogP contribution in [-0.4, -0.2) is 10.9 Å². The molecule has 0 saturated heterocycles. The normalized spacial score (nSPS) is 14.3. The Bertz CT molecular complexity index is 1220. The largest absolute Gasteiger partial charge is 0.489 e. The van der Waals surface area contributed by atoms with E-state index < -0.39 is 6.04 Å². The number of nitrogens with zero attached hydrogens (tertiary/aromatic N) is 4. The van der Waals surface area contributed by atoms with Crippen LogP contribution in [0.2, 0.25) is 0 Å². The Hall–Kier alpha value is -4.76. The molecule has 4 rings (SSSR count). The van der Waals surface area contributed by atoms with E-state index in [9.17, 15) is 5.26 Å². The molecule has 0 aliphatic carbocycles. The second-order valence-electron chi connectivity index (χ2n) is 6.75. The minimum absolute atomic E-state index is 0.00728. The third-order valence-corrected chi connectivity index (χ3v) is 4.80. The van der Waals surface area contributed by atoms with E-state index in [1.165, 1.54) is 0 Å². The Morgan fingerprint density at radius 2 is 1.81 bits per heavy atom. The average Bonchev–Trinajstić information content (AvgIpc) is 2.78. The molecule has 9 nitrogen and oxygen atoms in total. The molecule has 31 heavy (non-hydrogen) atoms. The molecule has 1 aliphatic heterocycles. The van der Waals surface area contributed by atoms with E-state index in [1.807, 2.05) is 66.9 Å². The highest BCUT2D eigenvalue weighted by molar-refractivity contribution is 5.98. The lowest BCUT2D eigenvalue weighted by Gasteiger charge is -2.26. The van der Waals surface area contributed by atoms with Crippen LogP contribution in [0, 0.1) is 22.8 Å². The van der Waals surface area contributed by atoms with E-state index in [0.29, 0.717) is 23.7 Å². The summed E-state index contributed by atoms with van der Waals surface area (Å²) >= 11 is 0. The highest BCUT2D eigenvalue weighted by Crippen LogP contribution is 2.40. The maximum atomic E-state index is 9.41. The van der Waals surface area contributed by atoms with E-state index in [4.69, 9.17) is 21.5 Å². The van der Waals surface area contributed by atoms with Gasteiger partial charge in [-0.2, -0.15) is 10.5 Å². The molecule has 1 unspecified atom stereocenters. The second-order valence-corrected chi connectivity index (χ2v) is 6.75. The van der Waals surface area contributed by atoms with Gasteiger partial charge in [-0.1, -0.05) is 42.5 Å². The SMILES string of the molecule is N#CNC1=NC(c2ccc(OCc3ccccc3)cc2)c2c(nc(N)c(C#N)c2N)N1. The molecule has 0 amide bonds. The number of aliphatic imine (C=N–C) groups is 1. The van der Waals surface area contributed by atoms with Crippen molar-refractivity contribution in [1.82, 2.24) is 10.3 Å². The standard InChI is InChI=1S/C22H18N8O/c23-10-16-18(25)17-19(28-22(27-12-24)30-21(17)29-20(16)26)14-6-8-15(9-7-14)31-11-13-4-2-1-3-5-13/h1-9,19H,11H2,(H6,25,26,27,28,29,30). The van der Waals surface area contributed by atoms with Crippen molar-refractivity contribution in [2.45, 2.75) is 12.6 Å². The first-order valence-corrected chi connectivity index (χ1v) is 9.36. The molecular formula is C22H18N8O. The Balaban J connectivity index is 1.66. The molecule has 0 fully saturated rings. The number of benzene rings is 2. The van der Waals surface area contributed by atoms with Crippen LogP contribution in [0.25, 0.3) is 0 Å². The first kappa shape index (κ1) is 19.6. The Morgan fingerprint density at radius 3 is 2.48 bits per heavy atom. The fourth-order valence-corrected chi connectivity index (χ4v) is 3.31. The number of rotatable bonds is 4. The van der Waals surface area contributed by atoms with Crippen LogP contribution in [0.15, 0.2) is 59.6 Å². The molecule has 1 aromatic heterocycles. The summed E-state index contributed by atoms with van der Waals surface area (Å²) in [5, 5.41) is 23.8. The molecular weight excluding hydrogens is 392 g/mol. The van der Waals surface area contributed by atoms with Gasteiger partial charge >= 0.3 is 0 Å². The average molecular weight is 410 g/mol. The number of guanidine groups is 1. The van der Waals surface area contributed by atoms with Crippen LogP contribution in [0.1, 0.15) is 28.3 Å². The number of nitrogen functional groups attached to an aromatic ring is 2. The van der Waals surface area contributed by atoms with Gasteiger partial charge in [0.1, 0.15) is 41.7 Å². The van der Waals surface area contributed by atoms with Gasteiger partial charge in [-0.15, -0.1) is 0 Å². The minimum Gasteiger partial charge on any atom is -0.489 e. The van der Waals surface area contributed by atoms with Crippen molar-refractivity contribution in [3.8, 4) is 18.0 Å². The number of nitriles is 2. The molecule has 0 saturated carbocycles. The Morgan fingerprint density at radius 1 is 1.06 bits per heavy atom. The molecule has 0 spiro atoms. The molecule has 1 atom stereocenters. The molecule has 0 radical (unpaired) electrons. The molecule has 2 aromatic carbocycles. The van der Waals surface area contributed by atoms with Crippen LogP contribution >= 0.6 is 0 Å². The number of nitrogens with one attached hydrogen (secondary N) is 2. The summed E-state index contributed by atoms with van der Waals surface area (Å²) in [6, 6.07) is 18.6. The van der Waals surface area contributed by atoms with Gasteiger partial charge in [-0.05, 0) is 23.3 Å². The summed E-state index contributed by atoms with van der Waals surface area (Å²) in [4.78, 5) is 8.78. The van der Waals surface area contributed by atoms with Gasteiger partial charge < -0.3 is 21.5 Å². The van der Waals surface area contributed by atoms with Crippen LogP contribution in [-0.2, 0) is 6.61 Å². The quantitative estimate of drug-likeness (QED) is 0.377. The van der Waals surface area contributed by atoms with Gasteiger partial charge in [-0.3, -0.25) is 5.32 Å². The monoisotopic (exact) mass is 410 g/mol.